The van der Waals surface area contributed by atoms with Gasteiger partial charge in [-0.1, -0.05) is 44.5 Å². The molecule has 0 bridgehead atoms. The molecule has 0 aliphatic heterocycles. The quantitative estimate of drug-likeness (QED) is 0.867. The first kappa shape index (κ1) is 14.1. The molecule has 2 heteroatoms. The maximum Gasteiger partial charge on any atom is 0.307 e. The second kappa shape index (κ2) is 4.66. The van der Waals surface area contributed by atoms with E-state index in [4.69, 9.17) is 0 Å². The Balaban J connectivity index is 2.39. The van der Waals surface area contributed by atoms with Gasteiger partial charge in [-0.15, -0.1) is 0 Å². The van der Waals surface area contributed by atoms with Gasteiger partial charge >= 0.3 is 5.97 Å². The summed E-state index contributed by atoms with van der Waals surface area (Å²) < 4.78 is 0. The molecule has 0 radical (unpaired) electrons. The third-order valence-corrected chi connectivity index (χ3v) is 5.29. The molecule has 1 N–H and O–H groups in total. The fraction of sp³-hybridized carbons (Fsp3) is 0.588. The number of aliphatic carboxylic acids is 1. The SMILES string of the molecule is Cc1ccc([C@H]2C[C@@H](C(=O)O)C(C)(C)[C@@H]2C)c(C)c1. The Morgan fingerprint density at radius 1 is 1.32 bits per heavy atom. The van der Waals surface area contributed by atoms with Crippen molar-refractivity contribution in [2.24, 2.45) is 17.3 Å². The summed E-state index contributed by atoms with van der Waals surface area (Å²) in [6, 6.07) is 6.52. The molecule has 0 saturated heterocycles. The minimum absolute atomic E-state index is 0.145. The zero-order valence-electron chi connectivity index (χ0n) is 12.5. The van der Waals surface area contributed by atoms with Gasteiger partial charge in [0.15, 0.2) is 0 Å². The van der Waals surface area contributed by atoms with Crippen LogP contribution in [0.3, 0.4) is 0 Å². The molecule has 104 valence electrons. The van der Waals surface area contributed by atoms with Crippen LogP contribution in [-0.4, -0.2) is 11.1 Å². The standard InChI is InChI=1S/C17H24O2/c1-10-6-7-13(11(2)8-10)14-9-15(16(18)19)17(4,5)12(14)3/h6-8,12,14-15H,9H2,1-5H3,(H,18,19)/t12-,14+,15+/m1/s1. The molecule has 1 aliphatic carbocycles. The predicted molar refractivity (Wildman–Crippen MR) is 77.3 cm³/mol. The van der Waals surface area contributed by atoms with Gasteiger partial charge in [0, 0.05) is 0 Å². The first-order chi connectivity index (χ1) is 8.75. The van der Waals surface area contributed by atoms with Crippen molar-refractivity contribution >= 4 is 5.97 Å². The molecule has 19 heavy (non-hydrogen) atoms. The van der Waals surface area contributed by atoms with Crippen molar-refractivity contribution in [2.75, 3.05) is 0 Å². The highest BCUT2D eigenvalue weighted by atomic mass is 16.4. The van der Waals surface area contributed by atoms with Crippen LogP contribution >= 0.6 is 0 Å². The molecule has 2 rings (SSSR count). The minimum Gasteiger partial charge on any atom is -0.481 e. The lowest BCUT2D eigenvalue weighted by Gasteiger charge is -2.30. The van der Waals surface area contributed by atoms with E-state index in [-0.39, 0.29) is 11.3 Å². The number of rotatable bonds is 2. The predicted octanol–water partition coefficient (Wildman–Crippen LogP) is 4.15. The van der Waals surface area contributed by atoms with E-state index in [1.807, 2.05) is 0 Å². The lowest BCUT2D eigenvalue weighted by atomic mass is 9.74. The molecule has 1 aromatic carbocycles. The lowest BCUT2D eigenvalue weighted by Crippen LogP contribution is -2.29. The fourth-order valence-corrected chi connectivity index (χ4v) is 3.65. The average molecular weight is 260 g/mol. The van der Waals surface area contributed by atoms with E-state index in [1.165, 1.54) is 16.7 Å². The zero-order valence-corrected chi connectivity index (χ0v) is 12.5. The lowest BCUT2D eigenvalue weighted by molar-refractivity contribution is -0.145. The van der Waals surface area contributed by atoms with E-state index in [0.717, 1.165) is 6.42 Å². The summed E-state index contributed by atoms with van der Waals surface area (Å²) >= 11 is 0. The number of carboxylic acids is 1. The van der Waals surface area contributed by atoms with E-state index in [1.54, 1.807) is 0 Å². The van der Waals surface area contributed by atoms with Crippen molar-refractivity contribution in [3.8, 4) is 0 Å². The largest absolute Gasteiger partial charge is 0.481 e. The molecule has 2 nitrogen and oxygen atoms in total. The van der Waals surface area contributed by atoms with Gasteiger partial charge in [-0.25, -0.2) is 0 Å². The molecular weight excluding hydrogens is 236 g/mol. The monoisotopic (exact) mass is 260 g/mol. The van der Waals surface area contributed by atoms with Gasteiger partial charge in [0.2, 0.25) is 0 Å². The molecule has 0 aromatic heterocycles. The van der Waals surface area contributed by atoms with Crippen LogP contribution in [0, 0.1) is 31.1 Å². The highest BCUT2D eigenvalue weighted by Crippen LogP contribution is 2.55. The third-order valence-electron chi connectivity index (χ3n) is 5.29. The molecule has 0 heterocycles. The van der Waals surface area contributed by atoms with E-state index in [2.05, 4.69) is 52.8 Å². The Morgan fingerprint density at radius 2 is 1.95 bits per heavy atom. The second-order valence-electron chi connectivity index (χ2n) is 6.70. The van der Waals surface area contributed by atoms with E-state index in [0.29, 0.717) is 11.8 Å². The molecule has 0 amide bonds. The van der Waals surface area contributed by atoms with Crippen LogP contribution in [0.25, 0.3) is 0 Å². The van der Waals surface area contributed by atoms with E-state index in [9.17, 15) is 9.90 Å². The summed E-state index contributed by atoms with van der Waals surface area (Å²) in [6.07, 6.45) is 0.757. The minimum atomic E-state index is -0.649. The Bertz CT molecular complexity index is 502. The van der Waals surface area contributed by atoms with Crippen molar-refractivity contribution in [1.29, 1.82) is 0 Å². The first-order valence-corrected chi connectivity index (χ1v) is 7.05. The summed E-state index contributed by atoms with van der Waals surface area (Å²) in [5.74, 6) is -0.149. The van der Waals surface area contributed by atoms with Crippen LogP contribution in [0.2, 0.25) is 0 Å². The Kier molecular flexibility index (Phi) is 3.46. The number of benzene rings is 1. The van der Waals surface area contributed by atoms with E-state index < -0.39 is 5.97 Å². The van der Waals surface area contributed by atoms with Gasteiger partial charge < -0.3 is 5.11 Å². The van der Waals surface area contributed by atoms with Gasteiger partial charge in [0.05, 0.1) is 5.92 Å². The van der Waals surface area contributed by atoms with Crippen LogP contribution in [0.15, 0.2) is 18.2 Å². The summed E-state index contributed by atoms with van der Waals surface area (Å²) in [4.78, 5) is 11.5. The van der Waals surface area contributed by atoms with Crippen molar-refractivity contribution in [2.45, 2.75) is 47.0 Å². The summed E-state index contributed by atoms with van der Waals surface area (Å²) in [6.45, 7) is 10.6. The summed E-state index contributed by atoms with van der Waals surface area (Å²) in [5, 5.41) is 9.44. The van der Waals surface area contributed by atoms with Crippen LogP contribution in [0.1, 0.15) is 49.8 Å². The molecule has 1 aliphatic rings. The van der Waals surface area contributed by atoms with Gasteiger partial charge in [-0.2, -0.15) is 0 Å². The van der Waals surface area contributed by atoms with Gasteiger partial charge in [0.25, 0.3) is 0 Å². The molecule has 0 unspecified atom stereocenters. The van der Waals surface area contributed by atoms with Gasteiger partial charge in [-0.05, 0) is 48.6 Å². The van der Waals surface area contributed by atoms with E-state index >= 15 is 0 Å². The fourth-order valence-electron chi connectivity index (χ4n) is 3.65. The number of carboxylic acid groups (broad SMARTS) is 1. The average Bonchev–Trinajstić information content (AvgIpc) is 2.52. The molecule has 0 spiro atoms. The Hall–Kier alpha value is -1.31. The second-order valence-corrected chi connectivity index (χ2v) is 6.70. The van der Waals surface area contributed by atoms with Crippen LogP contribution < -0.4 is 0 Å². The number of hydrogen-bond donors (Lipinski definition) is 1. The van der Waals surface area contributed by atoms with Gasteiger partial charge in [-0.3, -0.25) is 4.79 Å². The van der Waals surface area contributed by atoms with Crippen molar-refractivity contribution in [3.05, 3.63) is 34.9 Å². The number of hydrogen-bond acceptors (Lipinski definition) is 1. The van der Waals surface area contributed by atoms with Crippen LogP contribution in [0.4, 0.5) is 0 Å². The smallest absolute Gasteiger partial charge is 0.307 e. The van der Waals surface area contributed by atoms with Crippen LogP contribution in [0.5, 0.6) is 0 Å². The number of aryl methyl sites for hydroxylation is 2. The molecule has 3 atom stereocenters. The van der Waals surface area contributed by atoms with Crippen molar-refractivity contribution < 1.29 is 9.90 Å². The van der Waals surface area contributed by atoms with Gasteiger partial charge in [0.1, 0.15) is 0 Å². The normalized spacial score (nSPS) is 29.4. The Morgan fingerprint density at radius 3 is 2.42 bits per heavy atom. The maximum atomic E-state index is 11.5. The zero-order chi connectivity index (χ0) is 14.4. The summed E-state index contributed by atoms with van der Waals surface area (Å²) in [5.41, 5.74) is 3.74. The van der Waals surface area contributed by atoms with Crippen molar-refractivity contribution in [3.63, 3.8) is 0 Å². The number of carbonyl (C=O) groups is 1. The highest BCUT2D eigenvalue weighted by molar-refractivity contribution is 5.72. The maximum absolute atomic E-state index is 11.5. The highest BCUT2D eigenvalue weighted by Gasteiger charge is 2.50. The molecule has 1 fully saturated rings. The third kappa shape index (κ3) is 2.29. The topological polar surface area (TPSA) is 37.3 Å². The summed E-state index contributed by atoms with van der Waals surface area (Å²) in [7, 11) is 0. The molecule has 1 aromatic rings. The first-order valence-electron chi connectivity index (χ1n) is 7.05. The molecule has 1 saturated carbocycles. The van der Waals surface area contributed by atoms with Crippen LogP contribution in [-0.2, 0) is 4.79 Å². The molecular formula is C17H24O2. The Labute approximate surface area is 115 Å². The van der Waals surface area contributed by atoms with Crippen molar-refractivity contribution in [1.82, 2.24) is 0 Å².